The Balaban J connectivity index is 0.000000150. The minimum absolute atomic E-state index is 0.0936. The second-order valence-corrected chi connectivity index (χ2v) is 30.6. The summed E-state index contributed by atoms with van der Waals surface area (Å²) in [6.07, 6.45) is 0. The van der Waals surface area contributed by atoms with Gasteiger partial charge in [0.05, 0.1) is 0 Å². The Labute approximate surface area is 555 Å². The summed E-state index contributed by atoms with van der Waals surface area (Å²) in [5.41, 5.74) is 22.7. The molecule has 0 heterocycles. The van der Waals surface area contributed by atoms with Crippen molar-refractivity contribution >= 4 is 21.5 Å². The molecule has 0 radical (unpaired) electrons. The van der Waals surface area contributed by atoms with Gasteiger partial charge in [-0.1, -0.05) is 416 Å². The molecule has 0 aromatic heterocycles. The SMILES string of the molecule is CC(C)(C)c1ccc(-c2ccccc2)cc1.CC(C)(C)c1ccc2ccccc2c1-c1cccc2ccccc12.CC(C)(C)c1cccc(-c2ccccc2)c1.CC(C)(C)c1ccccc1-c1ccccc1.CC(C)(C)c1ccccc1-c1ccccc1C(C)(C)C. The van der Waals surface area contributed by atoms with Gasteiger partial charge < -0.3 is 0 Å². The zero-order valence-electron chi connectivity index (χ0n) is 58.7. The van der Waals surface area contributed by atoms with Gasteiger partial charge in [0, 0.05) is 0 Å². The summed E-state index contributed by atoms with van der Waals surface area (Å²) in [6.45, 7) is 40.8. The van der Waals surface area contributed by atoms with Gasteiger partial charge in [0.1, 0.15) is 0 Å². The molecule has 92 heavy (non-hydrogen) atoms. The molecular weight excluding hydrogens is 1110 g/mol. The molecule has 0 aliphatic carbocycles. The van der Waals surface area contributed by atoms with Gasteiger partial charge in [-0.05, 0) is 143 Å². The molecule has 0 heteroatoms. The zero-order valence-corrected chi connectivity index (χ0v) is 58.7. The van der Waals surface area contributed by atoms with Crippen LogP contribution in [0.15, 0.2) is 291 Å². The fraction of sp³-hybridized carbons (Fsp3) is 0.261. The predicted octanol–water partition coefficient (Wildman–Crippen LogP) is 26.9. The van der Waals surface area contributed by atoms with Gasteiger partial charge in [-0.3, -0.25) is 0 Å². The van der Waals surface area contributed by atoms with Crippen LogP contribution in [0.2, 0.25) is 0 Å². The predicted molar refractivity (Wildman–Crippen MR) is 407 cm³/mol. The lowest BCUT2D eigenvalue weighted by molar-refractivity contribution is 0.585. The van der Waals surface area contributed by atoms with Crippen LogP contribution in [-0.2, 0) is 32.5 Å². The first-order valence-corrected chi connectivity index (χ1v) is 33.2. The first kappa shape index (κ1) is 69.1. The highest BCUT2D eigenvalue weighted by molar-refractivity contribution is 6.07. The second-order valence-electron chi connectivity index (χ2n) is 30.6. The van der Waals surface area contributed by atoms with Crippen LogP contribution in [0.3, 0.4) is 0 Å². The molecule has 12 rings (SSSR count). The normalized spacial score (nSPS) is 11.8. The van der Waals surface area contributed by atoms with Crippen LogP contribution in [0.25, 0.3) is 77.2 Å². The lowest BCUT2D eigenvalue weighted by Gasteiger charge is -2.27. The van der Waals surface area contributed by atoms with Crippen molar-refractivity contribution in [3.05, 3.63) is 325 Å². The van der Waals surface area contributed by atoms with Gasteiger partial charge in [-0.25, -0.2) is 0 Å². The first-order chi connectivity index (χ1) is 43.5. The Bertz CT molecular complexity index is 4210. The molecule has 0 aliphatic rings. The van der Waals surface area contributed by atoms with Crippen LogP contribution in [0.5, 0.6) is 0 Å². The lowest BCUT2D eigenvalue weighted by atomic mass is 9.77. The van der Waals surface area contributed by atoms with Gasteiger partial charge in [0.2, 0.25) is 0 Å². The fourth-order valence-electron chi connectivity index (χ4n) is 12.0. The Hall–Kier alpha value is -8.84. The summed E-state index contributed by atoms with van der Waals surface area (Å²) in [7, 11) is 0. The van der Waals surface area contributed by atoms with Crippen molar-refractivity contribution < 1.29 is 0 Å². The molecule has 0 fully saturated rings. The third kappa shape index (κ3) is 18.2. The number of rotatable bonds is 5. The minimum Gasteiger partial charge on any atom is -0.0622 e. The Morgan fingerprint density at radius 3 is 0.967 bits per heavy atom. The van der Waals surface area contributed by atoms with Crippen molar-refractivity contribution in [3.8, 4) is 55.6 Å². The summed E-state index contributed by atoms with van der Waals surface area (Å²) in [5.74, 6) is 0. The van der Waals surface area contributed by atoms with Crippen LogP contribution >= 0.6 is 0 Å². The highest BCUT2D eigenvalue weighted by Crippen LogP contribution is 2.42. The Morgan fingerprint density at radius 1 is 0.174 bits per heavy atom. The third-order valence-electron chi connectivity index (χ3n) is 17.1. The van der Waals surface area contributed by atoms with E-state index in [-0.39, 0.29) is 32.5 Å². The molecule has 0 saturated carbocycles. The van der Waals surface area contributed by atoms with Crippen LogP contribution < -0.4 is 0 Å². The van der Waals surface area contributed by atoms with E-state index in [2.05, 4.69) is 410 Å². The van der Waals surface area contributed by atoms with E-state index >= 15 is 0 Å². The average Bonchev–Trinajstić information content (AvgIpc) is 0.765. The van der Waals surface area contributed by atoms with Crippen molar-refractivity contribution in [2.75, 3.05) is 0 Å². The third-order valence-corrected chi connectivity index (χ3v) is 17.1. The summed E-state index contributed by atoms with van der Waals surface area (Å²) < 4.78 is 0. The summed E-state index contributed by atoms with van der Waals surface area (Å²) in [4.78, 5) is 0. The van der Waals surface area contributed by atoms with Gasteiger partial charge >= 0.3 is 0 Å². The monoisotopic (exact) mass is 1210 g/mol. The summed E-state index contributed by atoms with van der Waals surface area (Å²) in [5, 5.41) is 5.25. The Kier molecular flexibility index (Phi) is 22.2. The first-order valence-electron chi connectivity index (χ1n) is 33.2. The van der Waals surface area contributed by atoms with Crippen LogP contribution in [0.4, 0.5) is 0 Å². The molecule has 12 aromatic carbocycles. The molecule has 0 nitrogen and oxygen atoms in total. The molecule has 0 saturated heterocycles. The van der Waals surface area contributed by atoms with Crippen LogP contribution in [0, 0.1) is 0 Å². The van der Waals surface area contributed by atoms with Gasteiger partial charge in [0.25, 0.3) is 0 Å². The largest absolute Gasteiger partial charge is 0.0622 e. The van der Waals surface area contributed by atoms with Gasteiger partial charge in [-0.2, -0.15) is 0 Å². The Morgan fingerprint density at radius 2 is 0.500 bits per heavy atom. The summed E-state index contributed by atoms with van der Waals surface area (Å²) >= 11 is 0. The highest BCUT2D eigenvalue weighted by Gasteiger charge is 2.25. The van der Waals surface area contributed by atoms with Crippen molar-refractivity contribution in [2.45, 2.75) is 157 Å². The van der Waals surface area contributed by atoms with Gasteiger partial charge in [-0.15, -0.1) is 0 Å². The zero-order chi connectivity index (χ0) is 66.5. The highest BCUT2D eigenvalue weighted by atomic mass is 14.3. The van der Waals surface area contributed by atoms with E-state index in [0.29, 0.717) is 0 Å². The van der Waals surface area contributed by atoms with E-state index in [1.165, 1.54) is 111 Å². The molecule has 0 unspecified atom stereocenters. The smallest absolute Gasteiger partial charge is 0.00617 e. The molecule has 0 amide bonds. The van der Waals surface area contributed by atoms with E-state index in [1.54, 1.807) is 0 Å². The maximum Gasteiger partial charge on any atom is -0.00617 e. The van der Waals surface area contributed by atoms with Crippen molar-refractivity contribution in [3.63, 3.8) is 0 Å². The molecule has 0 N–H and O–H groups in total. The number of hydrogen-bond acceptors (Lipinski definition) is 0. The van der Waals surface area contributed by atoms with Crippen LogP contribution in [-0.4, -0.2) is 0 Å². The van der Waals surface area contributed by atoms with E-state index in [1.807, 2.05) is 6.07 Å². The molecule has 0 spiro atoms. The number of fused-ring (bicyclic) bond motifs is 2. The molecule has 0 bridgehead atoms. The van der Waals surface area contributed by atoms with E-state index < -0.39 is 0 Å². The molecule has 0 atom stereocenters. The minimum atomic E-state index is 0.0936. The number of hydrogen-bond donors (Lipinski definition) is 0. The fourth-order valence-corrected chi connectivity index (χ4v) is 12.0. The van der Waals surface area contributed by atoms with E-state index in [9.17, 15) is 0 Å². The average molecular weight is 1210 g/mol. The van der Waals surface area contributed by atoms with Crippen molar-refractivity contribution in [2.24, 2.45) is 0 Å². The second kappa shape index (κ2) is 29.6. The van der Waals surface area contributed by atoms with Gasteiger partial charge in [0.15, 0.2) is 0 Å². The topological polar surface area (TPSA) is 0 Å². The maximum atomic E-state index is 2.30. The maximum absolute atomic E-state index is 2.30. The van der Waals surface area contributed by atoms with E-state index in [0.717, 1.165) is 0 Å². The van der Waals surface area contributed by atoms with Crippen molar-refractivity contribution in [1.29, 1.82) is 0 Å². The standard InChI is InChI=1S/C24H22.C20H26.3C16H18/c1-24(2,3)22-16-15-18-10-5-7-13-20(18)23(22)21-14-8-11-17-9-4-6-12-19(17)21;1-19(2,3)17-13-9-7-11-15(17)16-12-8-10-14-18(16)20(4,5)6;1-16(2,3)15-12-8-7-11-14(15)13-9-5-4-6-10-13;1-16(2,3)15-11-7-10-14(12-15)13-8-5-4-6-9-13;1-16(2,3)15-11-9-14(10-12-15)13-7-5-4-6-8-13/h4-16H,1-3H3;7-14H,1-6H3;3*4-12H,1-3H3. The quantitative estimate of drug-likeness (QED) is 0.161. The summed E-state index contributed by atoms with van der Waals surface area (Å²) in [6, 6.07) is 104. The molecule has 12 aromatic rings. The van der Waals surface area contributed by atoms with E-state index in [4.69, 9.17) is 0 Å². The lowest BCUT2D eigenvalue weighted by Crippen LogP contribution is -2.16. The van der Waals surface area contributed by atoms with Crippen LogP contribution in [0.1, 0.15) is 158 Å². The molecule has 470 valence electrons. The molecular formula is C92H102. The number of benzene rings is 12. The molecule has 0 aliphatic heterocycles. The van der Waals surface area contributed by atoms with Crippen molar-refractivity contribution in [1.82, 2.24) is 0 Å².